The van der Waals surface area contributed by atoms with Crippen LogP contribution in [0.25, 0.3) is 0 Å². The number of aliphatic imine (C=N–C) groups is 1. The van der Waals surface area contributed by atoms with Gasteiger partial charge < -0.3 is 20.8 Å². The SMILES string of the molecule is CCNC(=NCc1ccc(O)c(F)c1)NC1CCC(O)CC1. The number of benzene rings is 1. The third-order valence-electron chi connectivity index (χ3n) is 3.81. The molecule has 4 N–H and O–H groups in total. The second-order valence-electron chi connectivity index (χ2n) is 5.63. The number of halogens is 1. The molecule has 1 fully saturated rings. The first-order valence-corrected chi connectivity index (χ1v) is 7.78. The van der Waals surface area contributed by atoms with Crippen LogP contribution in [0.5, 0.6) is 5.75 Å². The summed E-state index contributed by atoms with van der Waals surface area (Å²) in [7, 11) is 0. The number of phenolic OH excluding ortho intramolecular Hbond substituents is 1. The zero-order valence-electron chi connectivity index (χ0n) is 12.8. The van der Waals surface area contributed by atoms with Gasteiger partial charge in [0.05, 0.1) is 12.6 Å². The van der Waals surface area contributed by atoms with E-state index in [9.17, 15) is 14.6 Å². The van der Waals surface area contributed by atoms with E-state index in [0.29, 0.717) is 24.1 Å². The van der Waals surface area contributed by atoms with Crippen LogP contribution >= 0.6 is 0 Å². The number of aliphatic hydroxyl groups excluding tert-OH is 1. The molecule has 0 amide bonds. The molecule has 1 aliphatic rings. The molecule has 0 bridgehead atoms. The van der Waals surface area contributed by atoms with E-state index in [1.165, 1.54) is 12.1 Å². The Balaban J connectivity index is 1.95. The lowest BCUT2D eigenvalue weighted by molar-refractivity contribution is 0.120. The highest BCUT2D eigenvalue weighted by atomic mass is 19.1. The van der Waals surface area contributed by atoms with E-state index in [1.807, 2.05) is 6.92 Å². The minimum absolute atomic E-state index is 0.183. The fourth-order valence-corrected chi connectivity index (χ4v) is 2.55. The number of aromatic hydroxyl groups is 1. The van der Waals surface area contributed by atoms with Crippen molar-refractivity contribution in [2.75, 3.05) is 6.54 Å². The van der Waals surface area contributed by atoms with Crippen LogP contribution in [0.4, 0.5) is 4.39 Å². The summed E-state index contributed by atoms with van der Waals surface area (Å²) >= 11 is 0. The molecule has 0 radical (unpaired) electrons. The standard InChI is InChI=1S/C16H24FN3O2/c1-2-18-16(20-12-4-6-13(21)7-5-12)19-10-11-3-8-15(22)14(17)9-11/h3,8-9,12-13,21-22H,2,4-7,10H2,1H3,(H2,18,19,20). The molecule has 0 atom stereocenters. The lowest BCUT2D eigenvalue weighted by atomic mass is 9.93. The van der Waals surface area contributed by atoms with E-state index in [0.717, 1.165) is 32.2 Å². The Kier molecular flexibility index (Phi) is 6.00. The highest BCUT2D eigenvalue weighted by Gasteiger charge is 2.19. The van der Waals surface area contributed by atoms with Gasteiger partial charge in [-0.15, -0.1) is 0 Å². The predicted molar refractivity (Wildman–Crippen MR) is 84.3 cm³/mol. The molecule has 0 unspecified atom stereocenters. The molecular formula is C16H24FN3O2. The summed E-state index contributed by atoms with van der Waals surface area (Å²) in [5.74, 6) is -0.289. The average molecular weight is 309 g/mol. The Morgan fingerprint density at radius 1 is 1.32 bits per heavy atom. The maximum absolute atomic E-state index is 13.3. The first-order valence-electron chi connectivity index (χ1n) is 7.78. The lowest BCUT2D eigenvalue weighted by Gasteiger charge is -2.27. The van der Waals surface area contributed by atoms with E-state index in [4.69, 9.17) is 0 Å². The van der Waals surface area contributed by atoms with E-state index in [-0.39, 0.29) is 11.9 Å². The molecule has 122 valence electrons. The van der Waals surface area contributed by atoms with Crippen molar-refractivity contribution in [3.8, 4) is 5.75 Å². The number of rotatable bonds is 4. The molecule has 1 aromatic rings. The van der Waals surface area contributed by atoms with Crippen molar-refractivity contribution in [1.29, 1.82) is 0 Å². The van der Waals surface area contributed by atoms with Crippen LogP contribution in [0.1, 0.15) is 38.2 Å². The van der Waals surface area contributed by atoms with Crippen molar-refractivity contribution >= 4 is 5.96 Å². The molecule has 0 aliphatic heterocycles. The summed E-state index contributed by atoms with van der Waals surface area (Å²) in [5.41, 5.74) is 0.701. The topological polar surface area (TPSA) is 76.9 Å². The summed E-state index contributed by atoms with van der Waals surface area (Å²) in [6.45, 7) is 3.06. The van der Waals surface area contributed by atoms with Crippen molar-refractivity contribution in [1.82, 2.24) is 10.6 Å². The molecule has 5 nitrogen and oxygen atoms in total. The maximum Gasteiger partial charge on any atom is 0.191 e. The monoisotopic (exact) mass is 309 g/mol. The van der Waals surface area contributed by atoms with Crippen molar-refractivity contribution in [3.63, 3.8) is 0 Å². The zero-order chi connectivity index (χ0) is 15.9. The Labute approximate surface area is 130 Å². The maximum atomic E-state index is 13.3. The van der Waals surface area contributed by atoms with Crippen LogP contribution in [-0.2, 0) is 6.54 Å². The number of hydrogen-bond acceptors (Lipinski definition) is 3. The summed E-state index contributed by atoms with van der Waals surface area (Å²) in [5, 5.41) is 25.3. The zero-order valence-corrected chi connectivity index (χ0v) is 12.8. The average Bonchev–Trinajstić information content (AvgIpc) is 2.50. The van der Waals surface area contributed by atoms with Gasteiger partial charge in [0.1, 0.15) is 0 Å². The summed E-state index contributed by atoms with van der Waals surface area (Å²) in [6, 6.07) is 4.59. The molecule has 1 aliphatic carbocycles. The van der Waals surface area contributed by atoms with Crippen LogP contribution in [0.3, 0.4) is 0 Å². The second-order valence-corrected chi connectivity index (χ2v) is 5.63. The van der Waals surface area contributed by atoms with E-state index in [1.54, 1.807) is 6.07 Å². The van der Waals surface area contributed by atoms with E-state index >= 15 is 0 Å². The van der Waals surface area contributed by atoms with Gasteiger partial charge in [-0.2, -0.15) is 0 Å². The summed E-state index contributed by atoms with van der Waals surface area (Å²) in [6.07, 6.45) is 3.26. The summed E-state index contributed by atoms with van der Waals surface area (Å²) in [4.78, 5) is 4.45. The Morgan fingerprint density at radius 2 is 2.05 bits per heavy atom. The molecule has 0 saturated heterocycles. The Hall–Kier alpha value is -1.82. The smallest absolute Gasteiger partial charge is 0.191 e. The van der Waals surface area contributed by atoms with Gasteiger partial charge in [-0.3, -0.25) is 0 Å². The molecule has 0 spiro atoms. The Morgan fingerprint density at radius 3 is 2.68 bits per heavy atom. The van der Waals surface area contributed by atoms with E-state index in [2.05, 4.69) is 15.6 Å². The first-order chi connectivity index (χ1) is 10.6. The number of phenols is 1. The van der Waals surface area contributed by atoms with Gasteiger partial charge in [0.2, 0.25) is 0 Å². The highest BCUT2D eigenvalue weighted by molar-refractivity contribution is 5.80. The highest BCUT2D eigenvalue weighted by Crippen LogP contribution is 2.18. The number of nitrogens with zero attached hydrogens (tertiary/aromatic N) is 1. The van der Waals surface area contributed by atoms with Gasteiger partial charge in [0, 0.05) is 12.6 Å². The third kappa shape index (κ3) is 4.87. The number of guanidine groups is 1. The molecule has 6 heteroatoms. The lowest BCUT2D eigenvalue weighted by Crippen LogP contribution is -2.45. The second kappa shape index (κ2) is 7.98. The molecule has 22 heavy (non-hydrogen) atoms. The third-order valence-corrected chi connectivity index (χ3v) is 3.81. The fraction of sp³-hybridized carbons (Fsp3) is 0.562. The van der Waals surface area contributed by atoms with Gasteiger partial charge in [-0.1, -0.05) is 6.07 Å². The quantitative estimate of drug-likeness (QED) is 0.506. The minimum atomic E-state index is -0.632. The van der Waals surface area contributed by atoms with Crippen molar-refractivity contribution < 1.29 is 14.6 Å². The van der Waals surface area contributed by atoms with Crippen LogP contribution in [-0.4, -0.2) is 34.9 Å². The molecular weight excluding hydrogens is 285 g/mol. The van der Waals surface area contributed by atoms with Crippen LogP contribution < -0.4 is 10.6 Å². The van der Waals surface area contributed by atoms with Crippen LogP contribution in [0, 0.1) is 5.82 Å². The van der Waals surface area contributed by atoms with Gasteiger partial charge >= 0.3 is 0 Å². The van der Waals surface area contributed by atoms with Gasteiger partial charge in [-0.25, -0.2) is 9.38 Å². The molecule has 1 aromatic carbocycles. The van der Waals surface area contributed by atoms with E-state index < -0.39 is 5.82 Å². The van der Waals surface area contributed by atoms with Gasteiger partial charge in [-0.05, 0) is 50.3 Å². The molecule has 2 rings (SSSR count). The van der Waals surface area contributed by atoms with Crippen molar-refractivity contribution in [2.24, 2.45) is 4.99 Å². The van der Waals surface area contributed by atoms with Crippen LogP contribution in [0.2, 0.25) is 0 Å². The largest absolute Gasteiger partial charge is 0.505 e. The van der Waals surface area contributed by atoms with Gasteiger partial charge in [0.15, 0.2) is 17.5 Å². The summed E-state index contributed by atoms with van der Waals surface area (Å²) < 4.78 is 13.3. The molecule has 0 aromatic heterocycles. The first kappa shape index (κ1) is 16.5. The number of aliphatic hydroxyl groups is 1. The molecule has 1 saturated carbocycles. The van der Waals surface area contributed by atoms with Crippen molar-refractivity contribution in [3.05, 3.63) is 29.6 Å². The van der Waals surface area contributed by atoms with Gasteiger partial charge in [0.25, 0.3) is 0 Å². The molecule has 0 heterocycles. The number of nitrogens with one attached hydrogen (secondary N) is 2. The minimum Gasteiger partial charge on any atom is -0.505 e. The normalized spacial score (nSPS) is 22.4. The van der Waals surface area contributed by atoms with Crippen LogP contribution in [0.15, 0.2) is 23.2 Å². The number of hydrogen-bond donors (Lipinski definition) is 4. The van der Waals surface area contributed by atoms with Crippen molar-refractivity contribution in [2.45, 2.75) is 51.3 Å². The Bertz CT molecular complexity index is 514. The fourth-order valence-electron chi connectivity index (χ4n) is 2.55. The predicted octanol–water partition coefficient (Wildman–Crippen LogP) is 1.89.